The topological polar surface area (TPSA) is 55.1 Å². The van der Waals surface area contributed by atoms with Gasteiger partial charge in [0.1, 0.15) is 0 Å². The van der Waals surface area contributed by atoms with Gasteiger partial charge in [0.25, 0.3) is 5.91 Å². The molecule has 0 aliphatic heterocycles. The summed E-state index contributed by atoms with van der Waals surface area (Å²) in [5.41, 5.74) is 9.60. The zero-order chi connectivity index (χ0) is 16.2. The average Bonchev–Trinajstić information content (AvgIpc) is 2.53. The van der Waals surface area contributed by atoms with Crippen molar-refractivity contribution in [2.24, 2.45) is 5.73 Å². The number of halogens is 1. The highest BCUT2D eigenvalue weighted by Gasteiger charge is 2.21. The minimum absolute atomic E-state index is 0. The molecule has 3 nitrogen and oxygen atoms in total. The zero-order valence-corrected chi connectivity index (χ0v) is 14.7. The third kappa shape index (κ3) is 5.08. The van der Waals surface area contributed by atoms with Crippen molar-refractivity contribution in [1.82, 2.24) is 5.32 Å². The molecule has 124 valence electrons. The lowest BCUT2D eigenvalue weighted by molar-refractivity contribution is 0.0945. The van der Waals surface area contributed by atoms with Crippen LogP contribution in [0.2, 0.25) is 0 Å². The van der Waals surface area contributed by atoms with Gasteiger partial charge in [-0.3, -0.25) is 4.79 Å². The molecule has 1 amide bonds. The molecule has 0 spiro atoms. The Morgan fingerprint density at radius 3 is 2.35 bits per heavy atom. The maximum atomic E-state index is 12.2. The molecule has 3 N–H and O–H groups in total. The Balaban J connectivity index is 0.00000264. The molecular formula is C19H25ClN2O. The third-order valence-electron chi connectivity index (χ3n) is 3.94. The number of amides is 1. The van der Waals surface area contributed by atoms with Gasteiger partial charge in [0.15, 0.2) is 0 Å². The van der Waals surface area contributed by atoms with Crippen molar-refractivity contribution < 1.29 is 4.79 Å². The largest absolute Gasteiger partial charge is 0.351 e. The average molecular weight is 333 g/mol. The van der Waals surface area contributed by atoms with E-state index in [9.17, 15) is 4.79 Å². The minimum Gasteiger partial charge on any atom is -0.351 e. The Hall–Kier alpha value is -1.84. The standard InChI is InChI=1S/C19H24N2O.ClH/c1-14-5-4-6-17(11-14)19(2,3)13-21-18(22)16-9-7-15(12-20)8-10-16;/h4-11H,12-13,20H2,1-3H3,(H,21,22);1H. The van der Waals surface area contributed by atoms with Crippen LogP contribution in [0.1, 0.15) is 40.9 Å². The highest BCUT2D eigenvalue weighted by Crippen LogP contribution is 2.23. The summed E-state index contributed by atoms with van der Waals surface area (Å²) in [7, 11) is 0. The predicted molar refractivity (Wildman–Crippen MR) is 98.1 cm³/mol. The van der Waals surface area contributed by atoms with Crippen LogP contribution in [0, 0.1) is 6.92 Å². The first kappa shape index (κ1) is 19.2. The normalized spacial score (nSPS) is 10.8. The molecule has 0 bridgehead atoms. The first-order valence-corrected chi connectivity index (χ1v) is 7.57. The Morgan fingerprint density at radius 2 is 1.78 bits per heavy atom. The first-order valence-electron chi connectivity index (χ1n) is 7.57. The molecule has 0 atom stereocenters. The molecular weight excluding hydrogens is 308 g/mol. The van der Waals surface area contributed by atoms with Crippen LogP contribution in [0.15, 0.2) is 48.5 Å². The summed E-state index contributed by atoms with van der Waals surface area (Å²) in [5.74, 6) is -0.0516. The number of carbonyl (C=O) groups excluding carboxylic acids is 1. The SMILES string of the molecule is Cc1cccc(C(C)(C)CNC(=O)c2ccc(CN)cc2)c1.Cl. The molecule has 0 aromatic heterocycles. The molecule has 0 saturated heterocycles. The van der Waals surface area contributed by atoms with Gasteiger partial charge in [-0.1, -0.05) is 55.8 Å². The van der Waals surface area contributed by atoms with Crippen LogP contribution in [0.4, 0.5) is 0 Å². The van der Waals surface area contributed by atoms with Gasteiger partial charge in [-0.25, -0.2) is 0 Å². The lowest BCUT2D eigenvalue weighted by Gasteiger charge is -2.26. The van der Waals surface area contributed by atoms with Crippen molar-refractivity contribution in [3.05, 3.63) is 70.8 Å². The van der Waals surface area contributed by atoms with Gasteiger partial charge >= 0.3 is 0 Å². The van der Waals surface area contributed by atoms with Crippen molar-refractivity contribution in [2.45, 2.75) is 32.7 Å². The van der Waals surface area contributed by atoms with E-state index in [1.807, 2.05) is 24.3 Å². The van der Waals surface area contributed by atoms with Crippen molar-refractivity contribution >= 4 is 18.3 Å². The lowest BCUT2D eigenvalue weighted by atomic mass is 9.84. The summed E-state index contributed by atoms with van der Waals surface area (Å²) < 4.78 is 0. The summed E-state index contributed by atoms with van der Waals surface area (Å²) >= 11 is 0. The second-order valence-electron chi connectivity index (χ2n) is 6.34. The Bertz CT molecular complexity index is 651. The van der Waals surface area contributed by atoms with Gasteiger partial charge in [0.05, 0.1) is 0 Å². The molecule has 23 heavy (non-hydrogen) atoms. The predicted octanol–water partition coefficient (Wildman–Crippen LogP) is 3.58. The fourth-order valence-electron chi connectivity index (χ4n) is 2.36. The van der Waals surface area contributed by atoms with Crippen LogP contribution >= 0.6 is 12.4 Å². The second kappa shape index (κ2) is 8.14. The first-order chi connectivity index (χ1) is 10.4. The van der Waals surface area contributed by atoms with E-state index < -0.39 is 0 Å². The summed E-state index contributed by atoms with van der Waals surface area (Å²) in [6.45, 7) is 7.44. The fraction of sp³-hybridized carbons (Fsp3) is 0.316. The molecule has 0 heterocycles. The number of benzene rings is 2. The van der Waals surface area contributed by atoms with Crippen LogP contribution in [0.5, 0.6) is 0 Å². The molecule has 0 fully saturated rings. The molecule has 0 aliphatic carbocycles. The third-order valence-corrected chi connectivity index (χ3v) is 3.94. The quantitative estimate of drug-likeness (QED) is 0.879. The van der Waals surface area contributed by atoms with E-state index in [0.717, 1.165) is 5.56 Å². The van der Waals surface area contributed by atoms with E-state index in [0.29, 0.717) is 18.7 Å². The van der Waals surface area contributed by atoms with Gasteiger partial charge in [0, 0.05) is 24.1 Å². The van der Waals surface area contributed by atoms with Gasteiger partial charge < -0.3 is 11.1 Å². The van der Waals surface area contributed by atoms with Crippen LogP contribution in [-0.2, 0) is 12.0 Å². The van der Waals surface area contributed by atoms with Crippen LogP contribution in [0.25, 0.3) is 0 Å². The molecule has 0 unspecified atom stereocenters. The van der Waals surface area contributed by atoms with E-state index in [-0.39, 0.29) is 23.7 Å². The molecule has 0 saturated carbocycles. The number of nitrogens with two attached hydrogens (primary N) is 1. The van der Waals surface area contributed by atoms with Crippen molar-refractivity contribution in [3.8, 4) is 0 Å². The van der Waals surface area contributed by atoms with Crippen LogP contribution in [-0.4, -0.2) is 12.5 Å². The van der Waals surface area contributed by atoms with E-state index in [1.54, 1.807) is 0 Å². The van der Waals surface area contributed by atoms with Gasteiger partial charge in [-0.05, 0) is 30.2 Å². The number of nitrogens with one attached hydrogen (secondary N) is 1. The second-order valence-corrected chi connectivity index (χ2v) is 6.34. The fourth-order valence-corrected chi connectivity index (χ4v) is 2.36. The summed E-state index contributed by atoms with van der Waals surface area (Å²) in [6, 6.07) is 15.8. The van der Waals surface area contributed by atoms with Crippen LogP contribution < -0.4 is 11.1 Å². The van der Waals surface area contributed by atoms with E-state index >= 15 is 0 Å². The Kier molecular flexibility index (Phi) is 6.79. The summed E-state index contributed by atoms with van der Waals surface area (Å²) in [6.07, 6.45) is 0. The number of hydrogen-bond donors (Lipinski definition) is 2. The minimum atomic E-state index is -0.112. The van der Waals surface area contributed by atoms with Crippen LogP contribution in [0.3, 0.4) is 0 Å². The molecule has 0 radical (unpaired) electrons. The molecule has 0 aliphatic rings. The molecule has 2 aromatic rings. The monoisotopic (exact) mass is 332 g/mol. The zero-order valence-electron chi connectivity index (χ0n) is 13.9. The highest BCUT2D eigenvalue weighted by molar-refractivity contribution is 5.94. The summed E-state index contributed by atoms with van der Waals surface area (Å²) in [5, 5.41) is 3.02. The van der Waals surface area contributed by atoms with E-state index in [1.165, 1.54) is 11.1 Å². The van der Waals surface area contributed by atoms with Crippen molar-refractivity contribution in [2.75, 3.05) is 6.54 Å². The molecule has 2 aromatic carbocycles. The smallest absolute Gasteiger partial charge is 0.251 e. The highest BCUT2D eigenvalue weighted by atomic mass is 35.5. The van der Waals surface area contributed by atoms with Gasteiger partial charge in [0.2, 0.25) is 0 Å². The number of rotatable bonds is 5. The van der Waals surface area contributed by atoms with E-state index in [2.05, 4.69) is 50.4 Å². The number of hydrogen-bond acceptors (Lipinski definition) is 2. The lowest BCUT2D eigenvalue weighted by Crippen LogP contribution is -2.36. The molecule has 4 heteroatoms. The van der Waals surface area contributed by atoms with Gasteiger partial charge in [-0.2, -0.15) is 0 Å². The molecule has 2 rings (SSSR count). The van der Waals surface area contributed by atoms with Crippen molar-refractivity contribution in [1.29, 1.82) is 0 Å². The Labute approximate surface area is 144 Å². The maximum Gasteiger partial charge on any atom is 0.251 e. The maximum absolute atomic E-state index is 12.2. The Morgan fingerprint density at radius 1 is 1.13 bits per heavy atom. The van der Waals surface area contributed by atoms with E-state index in [4.69, 9.17) is 5.73 Å². The van der Waals surface area contributed by atoms with Crippen molar-refractivity contribution in [3.63, 3.8) is 0 Å². The number of aryl methyl sites for hydroxylation is 1. The number of carbonyl (C=O) groups is 1. The summed E-state index contributed by atoms with van der Waals surface area (Å²) in [4.78, 5) is 12.2. The van der Waals surface area contributed by atoms with Gasteiger partial charge in [-0.15, -0.1) is 12.4 Å².